The van der Waals surface area contributed by atoms with Crippen molar-refractivity contribution in [2.24, 2.45) is 0 Å². The normalized spacial score (nSPS) is 18.0. The van der Waals surface area contributed by atoms with E-state index < -0.39 is 0 Å². The van der Waals surface area contributed by atoms with E-state index in [1.54, 1.807) is 11.0 Å². The first kappa shape index (κ1) is 15.1. The molecule has 2 aromatic rings. The molecule has 0 unspecified atom stereocenters. The van der Waals surface area contributed by atoms with E-state index in [2.05, 4.69) is 16.3 Å². The summed E-state index contributed by atoms with van der Waals surface area (Å²) in [6.07, 6.45) is 0.752. The molecule has 1 fully saturated rings. The van der Waals surface area contributed by atoms with Gasteiger partial charge in [0, 0.05) is 13.1 Å². The minimum absolute atomic E-state index is 0.0484. The van der Waals surface area contributed by atoms with Gasteiger partial charge in [-0.3, -0.25) is 4.79 Å². The molecule has 2 aromatic heterocycles. The first-order valence-electron chi connectivity index (χ1n) is 7.01. The van der Waals surface area contributed by atoms with Crippen molar-refractivity contribution in [3.8, 4) is 6.07 Å². The lowest BCUT2D eigenvalue weighted by molar-refractivity contribution is -0.116. The highest BCUT2D eigenvalue weighted by molar-refractivity contribution is 8.00. The molecule has 1 amide bonds. The molecule has 0 radical (unpaired) electrons. The van der Waals surface area contributed by atoms with Gasteiger partial charge < -0.3 is 9.47 Å². The van der Waals surface area contributed by atoms with Crippen LogP contribution in [0.25, 0.3) is 0 Å². The topological polar surface area (TPSA) is 74.8 Å². The monoisotopic (exact) mass is 333 g/mol. The molecular formula is C14H15N5OS2. The quantitative estimate of drug-likeness (QED) is 0.859. The Balaban J connectivity index is 1.78. The third-order valence-corrected chi connectivity index (χ3v) is 5.80. The summed E-state index contributed by atoms with van der Waals surface area (Å²) in [4.78, 5) is 14.4. The van der Waals surface area contributed by atoms with Crippen LogP contribution in [0.3, 0.4) is 0 Å². The number of aryl methyl sites for hydroxylation is 1. The highest BCUT2D eigenvalue weighted by Crippen LogP contribution is 2.36. The molecule has 0 aromatic carbocycles. The second-order valence-corrected chi connectivity index (χ2v) is 6.97. The van der Waals surface area contributed by atoms with Crippen LogP contribution in [0.2, 0.25) is 0 Å². The van der Waals surface area contributed by atoms with Crippen molar-refractivity contribution in [3.05, 3.63) is 22.8 Å². The number of thioether (sulfide) groups is 1. The van der Waals surface area contributed by atoms with E-state index in [1.165, 1.54) is 23.1 Å². The molecule has 8 heteroatoms. The zero-order valence-electron chi connectivity index (χ0n) is 12.3. The van der Waals surface area contributed by atoms with Gasteiger partial charge in [0.1, 0.15) is 16.9 Å². The SMILES string of the molecule is CCn1c(C)nnc1S[C@@H]1CCN(c2sccc2C#N)C1=O. The number of rotatable bonds is 4. The first-order valence-corrected chi connectivity index (χ1v) is 8.77. The van der Waals surface area contributed by atoms with Gasteiger partial charge in [0.05, 0.1) is 10.8 Å². The fraction of sp³-hybridized carbons (Fsp3) is 0.429. The van der Waals surface area contributed by atoms with Crippen LogP contribution in [0.5, 0.6) is 0 Å². The van der Waals surface area contributed by atoms with Gasteiger partial charge >= 0.3 is 0 Å². The zero-order chi connectivity index (χ0) is 15.7. The molecule has 0 bridgehead atoms. The Kier molecular flexibility index (Phi) is 4.18. The van der Waals surface area contributed by atoms with Gasteiger partial charge in [-0.25, -0.2) is 0 Å². The van der Waals surface area contributed by atoms with Gasteiger partial charge in [0.25, 0.3) is 0 Å². The van der Waals surface area contributed by atoms with E-state index in [0.29, 0.717) is 12.1 Å². The summed E-state index contributed by atoms with van der Waals surface area (Å²) in [6.45, 7) is 5.38. The Morgan fingerprint density at radius 3 is 3.09 bits per heavy atom. The summed E-state index contributed by atoms with van der Waals surface area (Å²) >= 11 is 2.90. The molecule has 0 N–H and O–H groups in total. The molecule has 1 atom stereocenters. The van der Waals surface area contributed by atoms with Gasteiger partial charge in [0.15, 0.2) is 5.16 Å². The van der Waals surface area contributed by atoms with Crippen LogP contribution in [0.4, 0.5) is 5.00 Å². The molecule has 1 aliphatic heterocycles. The number of aromatic nitrogens is 3. The highest BCUT2D eigenvalue weighted by Gasteiger charge is 2.36. The number of carbonyl (C=O) groups is 1. The van der Waals surface area contributed by atoms with Crippen LogP contribution in [0, 0.1) is 18.3 Å². The molecule has 0 spiro atoms. The van der Waals surface area contributed by atoms with Crippen molar-refractivity contribution in [1.82, 2.24) is 14.8 Å². The summed E-state index contributed by atoms with van der Waals surface area (Å²) in [6, 6.07) is 3.90. The lowest BCUT2D eigenvalue weighted by atomic mass is 10.3. The number of hydrogen-bond acceptors (Lipinski definition) is 6. The Morgan fingerprint density at radius 2 is 2.36 bits per heavy atom. The van der Waals surface area contributed by atoms with Crippen LogP contribution in [-0.4, -0.2) is 32.5 Å². The predicted octanol–water partition coefficient (Wildman–Crippen LogP) is 2.44. The van der Waals surface area contributed by atoms with Crippen LogP contribution in [-0.2, 0) is 11.3 Å². The van der Waals surface area contributed by atoms with Crippen molar-refractivity contribution in [2.75, 3.05) is 11.4 Å². The lowest BCUT2D eigenvalue weighted by Crippen LogP contribution is -2.28. The van der Waals surface area contributed by atoms with Crippen LogP contribution in [0.1, 0.15) is 24.7 Å². The Morgan fingerprint density at radius 1 is 1.55 bits per heavy atom. The second kappa shape index (κ2) is 6.10. The van der Waals surface area contributed by atoms with Gasteiger partial charge in [-0.1, -0.05) is 11.8 Å². The van der Waals surface area contributed by atoms with E-state index in [-0.39, 0.29) is 11.2 Å². The standard InChI is InChI=1S/C14H15N5OS2/c1-3-18-9(2)16-17-14(18)22-11-4-6-19(12(11)20)13-10(8-15)5-7-21-13/h5,7,11H,3-4,6H2,1-2H3/t11-/m1/s1. The second-order valence-electron chi connectivity index (χ2n) is 4.91. The minimum atomic E-state index is -0.164. The van der Waals surface area contributed by atoms with Crippen LogP contribution >= 0.6 is 23.1 Å². The summed E-state index contributed by atoms with van der Waals surface area (Å²) < 4.78 is 2.01. The smallest absolute Gasteiger partial charge is 0.241 e. The van der Waals surface area contributed by atoms with Crippen molar-refractivity contribution >= 4 is 34.0 Å². The van der Waals surface area contributed by atoms with E-state index in [0.717, 1.165) is 28.9 Å². The number of nitriles is 1. The molecule has 1 saturated heterocycles. The minimum Gasteiger partial charge on any atom is -0.307 e. The number of hydrogen-bond donors (Lipinski definition) is 0. The van der Waals surface area contributed by atoms with E-state index in [4.69, 9.17) is 5.26 Å². The maximum absolute atomic E-state index is 12.6. The molecule has 22 heavy (non-hydrogen) atoms. The number of amides is 1. The van der Waals surface area contributed by atoms with Crippen LogP contribution < -0.4 is 4.90 Å². The highest BCUT2D eigenvalue weighted by atomic mass is 32.2. The maximum Gasteiger partial charge on any atom is 0.241 e. The van der Waals surface area contributed by atoms with Gasteiger partial charge in [-0.05, 0) is 31.7 Å². The van der Waals surface area contributed by atoms with E-state index in [9.17, 15) is 4.79 Å². The maximum atomic E-state index is 12.6. The fourth-order valence-corrected chi connectivity index (χ4v) is 4.56. The number of anilines is 1. The Labute approximate surface area is 136 Å². The van der Waals surface area contributed by atoms with Crippen molar-refractivity contribution in [1.29, 1.82) is 5.26 Å². The van der Waals surface area contributed by atoms with Crippen molar-refractivity contribution < 1.29 is 4.79 Å². The Hall–Kier alpha value is -1.85. The zero-order valence-corrected chi connectivity index (χ0v) is 13.9. The summed E-state index contributed by atoms with van der Waals surface area (Å²) in [5.41, 5.74) is 0.566. The van der Waals surface area contributed by atoms with Crippen molar-refractivity contribution in [3.63, 3.8) is 0 Å². The first-order chi connectivity index (χ1) is 10.7. The van der Waals surface area contributed by atoms with Gasteiger partial charge in [-0.15, -0.1) is 21.5 Å². The van der Waals surface area contributed by atoms with Crippen molar-refractivity contribution in [2.45, 2.75) is 37.2 Å². The molecule has 1 aliphatic rings. The molecular weight excluding hydrogens is 318 g/mol. The predicted molar refractivity (Wildman–Crippen MR) is 86.1 cm³/mol. The molecule has 6 nitrogen and oxygen atoms in total. The van der Waals surface area contributed by atoms with Gasteiger partial charge in [-0.2, -0.15) is 5.26 Å². The molecule has 0 saturated carbocycles. The number of carbonyl (C=O) groups excluding carboxylic acids is 1. The third-order valence-electron chi connectivity index (χ3n) is 3.63. The fourth-order valence-electron chi connectivity index (χ4n) is 2.50. The molecule has 3 heterocycles. The largest absolute Gasteiger partial charge is 0.307 e. The summed E-state index contributed by atoms with van der Waals surface area (Å²) in [7, 11) is 0. The average molecular weight is 333 g/mol. The number of nitrogens with zero attached hydrogens (tertiary/aromatic N) is 5. The Bertz CT molecular complexity index is 745. The third kappa shape index (κ3) is 2.51. The molecule has 3 rings (SSSR count). The average Bonchev–Trinajstić information content (AvgIpc) is 3.20. The number of thiophene rings is 1. The molecule has 0 aliphatic carbocycles. The summed E-state index contributed by atoms with van der Waals surface area (Å²) in [5.74, 6) is 0.907. The lowest BCUT2D eigenvalue weighted by Gasteiger charge is -2.15. The van der Waals surface area contributed by atoms with E-state index in [1.807, 2.05) is 23.8 Å². The van der Waals surface area contributed by atoms with E-state index >= 15 is 0 Å². The van der Waals surface area contributed by atoms with Gasteiger partial charge in [0.2, 0.25) is 5.91 Å². The van der Waals surface area contributed by atoms with Crippen LogP contribution in [0.15, 0.2) is 16.6 Å². The summed E-state index contributed by atoms with van der Waals surface area (Å²) in [5, 5.41) is 20.6. The molecule has 114 valence electrons.